The lowest BCUT2D eigenvalue weighted by Crippen LogP contribution is -2.27. The number of nitrogens with one attached hydrogen (secondary N) is 1. The highest BCUT2D eigenvalue weighted by Gasteiger charge is 2.22. The summed E-state index contributed by atoms with van der Waals surface area (Å²) in [4.78, 5) is 11.9. The van der Waals surface area contributed by atoms with E-state index in [2.05, 4.69) is 21.2 Å². The Morgan fingerprint density at radius 1 is 1.38 bits per heavy atom. The van der Waals surface area contributed by atoms with Gasteiger partial charge in [-0.3, -0.25) is 4.79 Å². The van der Waals surface area contributed by atoms with E-state index in [1.54, 1.807) is 0 Å². The molecule has 0 aliphatic heterocycles. The fourth-order valence-electron chi connectivity index (χ4n) is 2.17. The van der Waals surface area contributed by atoms with E-state index in [-0.39, 0.29) is 15.5 Å². The molecule has 0 bridgehead atoms. The van der Waals surface area contributed by atoms with Crippen LogP contribution < -0.4 is 5.32 Å². The molecule has 8 heteroatoms. The summed E-state index contributed by atoms with van der Waals surface area (Å²) in [6, 6.07) is 2.75. The molecule has 0 atom stereocenters. The fraction of sp³-hybridized carbons (Fsp3) is 0.462. The van der Waals surface area contributed by atoms with E-state index in [1.807, 2.05) is 0 Å². The van der Waals surface area contributed by atoms with Crippen LogP contribution in [0.5, 0.6) is 0 Å². The Morgan fingerprint density at radius 3 is 2.57 bits per heavy atom. The first-order valence-electron chi connectivity index (χ1n) is 6.51. The van der Waals surface area contributed by atoms with Gasteiger partial charge in [0.05, 0.1) is 10.6 Å². The molecular formula is C13H14BrCl2NO3S. The molecular weight excluding hydrogens is 401 g/mol. The Hall–Kier alpha value is -0.300. The van der Waals surface area contributed by atoms with Gasteiger partial charge in [0.15, 0.2) is 0 Å². The zero-order valence-electron chi connectivity index (χ0n) is 11.0. The number of hydrogen-bond acceptors (Lipinski definition) is 3. The molecule has 116 valence electrons. The first-order valence-corrected chi connectivity index (χ1v) is 9.99. The lowest BCUT2D eigenvalue weighted by atomic mass is 9.83. The maximum atomic E-state index is 12.1. The largest absolute Gasteiger partial charge is 0.352 e. The van der Waals surface area contributed by atoms with Gasteiger partial charge >= 0.3 is 0 Å². The summed E-state index contributed by atoms with van der Waals surface area (Å²) in [6.45, 7) is 0.551. The van der Waals surface area contributed by atoms with Gasteiger partial charge in [-0.05, 0) is 24.5 Å². The molecule has 1 aromatic carbocycles. The summed E-state index contributed by atoms with van der Waals surface area (Å²) in [5.41, 5.74) is 0.0962. The Kier molecular flexibility index (Phi) is 5.57. The minimum absolute atomic E-state index is 0.0962. The zero-order valence-corrected chi connectivity index (χ0v) is 14.9. The lowest BCUT2D eigenvalue weighted by molar-refractivity contribution is 0.0949. The molecule has 21 heavy (non-hydrogen) atoms. The van der Waals surface area contributed by atoms with Crippen LogP contribution in [-0.2, 0) is 9.05 Å². The molecule has 0 heterocycles. The molecule has 1 amide bonds. The zero-order chi connectivity index (χ0) is 15.6. The fourth-order valence-corrected chi connectivity index (χ4v) is 4.36. The van der Waals surface area contributed by atoms with Gasteiger partial charge in [-0.1, -0.05) is 46.8 Å². The predicted octanol–water partition coefficient (Wildman–Crippen LogP) is 3.95. The van der Waals surface area contributed by atoms with Crippen LogP contribution in [0.2, 0.25) is 5.02 Å². The van der Waals surface area contributed by atoms with E-state index in [4.69, 9.17) is 22.3 Å². The van der Waals surface area contributed by atoms with Gasteiger partial charge in [0, 0.05) is 21.7 Å². The average molecular weight is 415 g/mol. The Bertz CT molecular complexity index is 660. The quantitative estimate of drug-likeness (QED) is 0.741. The van der Waals surface area contributed by atoms with Crippen molar-refractivity contribution in [3.8, 4) is 0 Å². The summed E-state index contributed by atoms with van der Waals surface area (Å²) in [5, 5.41) is 2.60. The van der Waals surface area contributed by atoms with Crippen LogP contribution in [0.15, 0.2) is 21.5 Å². The van der Waals surface area contributed by atoms with Crippen molar-refractivity contribution in [2.24, 2.45) is 5.92 Å². The molecule has 1 fully saturated rings. The van der Waals surface area contributed by atoms with Crippen LogP contribution in [0.1, 0.15) is 36.0 Å². The maximum absolute atomic E-state index is 12.1. The SMILES string of the molecule is O=C(NCCC1CCC1)c1cc(Br)cc(S(=O)(=O)Cl)c1Cl. The smallest absolute Gasteiger partial charge is 0.262 e. The van der Waals surface area contributed by atoms with E-state index >= 15 is 0 Å². The van der Waals surface area contributed by atoms with Crippen LogP contribution in [-0.4, -0.2) is 20.9 Å². The van der Waals surface area contributed by atoms with Crippen molar-refractivity contribution in [3.63, 3.8) is 0 Å². The van der Waals surface area contributed by atoms with Crippen LogP contribution in [0.4, 0.5) is 0 Å². The first-order chi connectivity index (χ1) is 9.79. The standard InChI is InChI=1S/C13H14BrCl2NO3S/c14-9-6-10(12(15)11(7-9)21(16,19)20)13(18)17-5-4-8-2-1-3-8/h6-8H,1-5H2,(H,17,18). The van der Waals surface area contributed by atoms with Crippen LogP contribution >= 0.6 is 38.2 Å². The lowest BCUT2D eigenvalue weighted by Gasteiger charge is -2.25. The van der Waals surface area contributed by atoms with E-state index in [0.717, 1.165) is 6.42 Å². The topological polar surface area (TPSA) is 63.2 Å². The normalized spacial score (nSPS) is 15.6. The second-order valence-electron chi connectivity index (χ2n) is 5.04. The molecule has 1 aliphatic rings. The monoisotopic (exact) mass is 413 g/mol. The van der Waals surface area contributed by atoms with Crippen molar-refractivity contribution < 1.29 is 13.2 Å². The van der Waals surface area contributed by atoms with Crippen molar-refractivity contribution in [3.05, 3.63) is 27.2 Å². The third-order valence-corrected chi connectivity index (χ3v) is 5.90. The highest BCUT2D eigenvalue weighted by molar-refractivity contribution is 9.10. The van der Waals surface area contributed by atoms with Crippen molar-refractivity contribution in [2.45, 2.75) is 30.6 Å². The van der Waals surface area contributed by atoms with E-state index in [0.29, 0.717) is 16.9 Å². The molecule has 2 rings (SSSR count). The molecule has 0 aromatic heterocycles. The van der Waals surface area contributed by atoms with Crippen molar-refractivity contribution >= 4 is 53.2 Å². The number of amides is 1. The summed E-state index contributed by atoms with van der Waals surface area (Å²) in [6.07, 6.45) is 4.61. The van der Waals surface area contributed by atoms with E-state index in [1.165, 1.54) is 31.4 Å². The number of halogens is 3. The predicted molar refractivity (Wildman–Crippen MR) is 86.5 cm³/mol. The summed E-state index contributed by atoms with van der Waals surface area (Å²) >= 11 is 9.15. The third-order valence-electron chi connectivity index (χ3n) is 3.57. The van der Waals surface area contributed by atoms with Gasteiger partial charge in [-0.15, -0.1) is 0 Å². The summed E-state index contributed by atoms with van der Waals surface area (Å²) < 4.78 is 23.3. The van der Waals surface area contributed by atoms with E-state index in [9.17, 15) is 13.2 Å². The van der Waals surface area contributed by atoms with E-state index < -0.39 is 15.0 Å². The minimum atomic E-state index is -4.01. The first kappa shape index (κ1) is 17.1. The molecule has 0 saturated heterocycles. The second-order valence-corrected chi connectivity index (χ2v) is 8.87. The number of carbonyl (C=O) groups excluding carboxylic acids is 1. The molecule has 0 unspecified atom stereocenters. The molecule has 1 N–H and O–H groups in total. The molecule has 1 aliphatic carbocycles. The average Bonchev–Trinajstić information content (AvgIpc) is 2.33. The number of hydrogen-bond donors (Lipinski definition) is 1. The maximum Gasteiger partial charge on any atom is 0.262 e. The summed E-state index contributed by atoms with van der Waals surface area (Å²) in [5.74, 6) is 0.282. The summed E-state index contributed by atoms with van der Waals surface area (Å²) in [7, 11) is 1.31. The van der Waals surface area contributed by atoms with Crippen LogP contribution in [0, 0.1) is 5.92 Å². The second kappa shape index (κ2) is 6.86. The van der Waals surface area contributed by atoms with Crippen molar-refractivity contribution in [2.75, 3.05) is 6.54 Å². The van der Waals surface area contributed by atoms with Crippen LogP contribution in [0.25, 0.3) is 0 Å². The van der Waals surface area contributed by atoms with Crippen molar-refractivity contribution in [1.82, 2.24) is 5.32 Å². The molecule has 0 radical (unpaired) electrons. The van der Waals surface area contributed by atoms with Gasteiger partial charge in [0.1, 0.15) is 4.90 Å². The van der Waals surface area contributed by atoms with Crippen molar-refractivity contribution in [1.29, 1.82) is 0 Å². The minimum Gasteiger partial charge on any atom is -0.352 e. The third kappa shape index (κ3) is 4.34. The Balaban J connectivity index is 2.14. The molecule has 1 saturated carbocycles. The van der Waals surface area contributed by atoms with Gasteiger partial charge in [0.2, 0.25) is 0 Å². The number of benzene rings is 1. The molecule has 1 aromatic rings. The number of rotatable bonds is 5. The number of carbonyl (C=O) groups is 1. The Morgan fingerprint density at radius 2 is 2.05 bits per heavy atom. The van der Waals surface area contributed by atoms with Crippen LogP contribution in [0.3, 0.4) is 0 Å². The highest BCUT2D eigenvalue weighted by Crippen LogP contribution is 2.32. The Labute approximate surface area is 141 Å². The van der Waals surface area contributed by atoms with Gasteiger partial charge < -0.3 is 5.32 Å². The highest BCUT2D eigenvalue weighted by atomic mass is 79.9. The van der Waals surface area contributed by atoms with Gasteiger partial charge in [-0.25, -0.2) is 8.42 Å². The van der Waals surface area contributed by atoms with Gasteiger partial charge in [-0.2, -0.15) is 0 Å². The van der Waals surface area contributed by atoms with Gasteiger partial charge in [0.25, 0.3) is 15.0 Å². The molecule has 4 nitrogen and oxygen atoms in total. The molecule has 0 spiro atoms.